The lowest BCUT2D eigenvalue weighted by Gasteiger charge is -2.15. The molecule has 2 aromatic rings. The summed E-state index contributed by atoms with van der Waals surface area (Å²) < 4.78 is 27.1. The maximum Gasteiger partial charge on any atom is 0.216 e. The topological polar surface area (TPSA) is 82.6 Å². The van der Waals surface area contributed by atoms with Crippen LogP contribution in [0.15, 0.2) is 59.6 Å². The smallest absolute Gasteiger partial charge is 0.216 e. The van der Waals surface area contributed by atoms with Crippen LogP contribution in [0, 0.1) is 0 Å². The van der Waals surface area contributed by atoms with Gasteiger partial charge in [0.25, 0.3) is 0 Å². The number of hydrogen-bond acceptors (Lipinski definition) is 3. The quantitative estimate of drug-likeness (QED) is 0.479. The molecule has 27 heavy (non-hydrogen) atoms. The lowest BCUT2D eigenvalue weighted by molar-refractivity contribution is 0.568. The monoisotopic (exact) mass is 388 g/mol. The van der Waals surface area contributed by atoms with Crippen molar-refractivity contribution >= 4 is 16.0 Å². The van der Waals surface area contributed by atoms with Crippen molar-refractivity contribution < 1.29 is 8.42 Å². The minimum absolute atomic E-state index is 0.0426. The van der Waals surface area contributed by atoms with Gasteiger partial charge in [0.2, 0.25) is 10.0 Å². The van der Waals surface area contributed by atoms with Gasteiger partial charge in [-0.15, -0.1) is 0 Å². The van der Waals surface area contributed by atoms with Crippen LogP contribution in [0.5, 0.6) is 0 Å². The molecule has 7 heteroatoms. The molecule has 0 spiro atoms. The first-order chi connectivity index (χ1) is 12.9. The maximum absolute atomic E-state index is 12.2. The van der Waals surface area contributed by atoms with E-state index in [2.05, 4.69) is 20.3 Å². The lowest BCUT2D eigenvalue weighted by Crippen LogP contribution is -2.36. The molecule has 0 aliphatic heterocycles. The third-order valence-electron chi connectivity index (χ3n) is 3.85. The number of hydrogen-bond donors (Lipinski definition) is 3. The molecule has 0 radical (unpaired) electrons. The van der Waals surface area contributed by atoms with Crippen LogP contribution in [-0.2, 0) is 28.9 Å². The van der Waals surface area contributed by atoms with E-state index < -0.39 is 10.0 Å². The molecule has 0 saturated heterocycles. The number of nitrogens with one attached hydrogen (secondary N) is 3. The number of rotatable bonds is 8. The Balaban J connectivity index is 1.98. The fourth-order valence-corrected chi connectivity index (χ4v) is 4.15. The first kappa shape index (κ1) is 20.9. The third-order valence-corrected chi connectivity index (χ3v) is 5.37. The molecule has 0 aliphatic rings. The number of sulfonamides is 1. The van der Waals surface area contributed by atoms with Crippen molar-refractivity contribution in [3.05, 3.63) is 71.3 Å². The van der Waals surface area contributed by atoms with Gasteiger partial charge in [-0.3, -0.25) is 4.99 Å². The Bertz CT molecular complexity index is 849. The Morgan fingerprint density at radius 3 is 2.15 bits per heavy atom. The number of guanidine groups is 1. The average Bonchev–Trinajstić information content (AvgIpc) is 2.62. The summed E-state index contributed by atoms with van der Waals surface area (Å²) in [4.78, 5) is 4.23. The molecule has 146 valence electrons. The lowest BCUT2D eigenvalue weighted by atomic mass is 10.1. The summed E-state index contributed by atoms with van der Waals surface area (Å²) in [6, 6.07) is 17.5. The van der Waals surface area contributed by atoms with Gasteiger partial charge >= 0.3 is 0 Å². The van der Waals surface area contributed by atoms with E-state index >= 15 is 0 Å². The number of benzene rings is 2. The average molecular weight is 389 g/mol. The summed E-state index contributed by atoms with van der Waals surface area (Å²) in [7, 11) is -1.66. The zero-order valence-corrected chi connectivity index (χ0v) is 16.9. The molecule has 0 aromatic heterocycles. The predicted molar refractivity (Wildman–Crippen MR) is 111 cm³/mol. The van der Waals surface area contributed by atoms with Crippen LogP contribution in [0.2, 0.25) is 0 Å². The molecule has 6 nitrogen and oxygen atoms in total. The molecule has 0 bridgehead atoms. The first-order valence-electron chi connectivity index (χ1n) is 8.95. The molecule has 0 atom stereocenters. The van der Waals surface area contributed by atoms with Gasteiger partial charge in [-0.05, 0) is 30.5 Å². The van der Waals surface area contributed by atoms with Gasteiger partial charge in [0.05, 0.1) is 5.75 Å². The highest BCUT2D eigenvalue weighted by Gasteiger charge is 2.15. The van der Waals surface area contributed by atoms with Crippen LogP contribution in [0.3, 0.4) is 0 Å². The zero-order valence-electron chi connectivity index (χ0n) is 16.1. The SMILES string of the molecule is CN=C(NCc1ccccc1)NCc1ccccc1CS(=O)(=O)NC(C)C. The zero-order chi connectivity index (χ0) is 19.7. The van der Waals surface area contributed by atoms with Crippen molar-refractivity contribution in [1.29, 1.82) is 0 Å². The molecule has 0 heterocycles. The third kappa shape index (κ3) is 7.40. The second-order valence-electron chi connectivity index (χ2n) is 6.57. The van der Waals surface area contributed by atoms with E-state index in [0.717, 1.165) is 16.7 Å². The predicted octanol–water partition coefficient (Wildman–Crippen LogP) is 2.38. The van der Waals surface area contributed by atoms with Gasteiger partial charge in [0.1, 0.15) is 0 Å². The van der Waals surface area contributed by atoms with Crippen LogP contribution < -0.4 is 15.4 Å². The van der Waals surface area contributed by atoms with E-state index in [0.29, 0.717) is 19.0 Å². The number of aliphatic imine (C=N–C) groups is 1. The van der Waals surface area contributed by atoms with E-state index in [1.807, 2.05) is 68.4 Å². The van der Waals surface area contributed by atoms with Crippen LogP contribution in [-0.4, -0.2) is 27.5 Å². The Morgan fingerprint density at radius 2 is 1.52 bits per heavy atom. The van der Waals surface area contributed by atoms with E-state index in [9.17, 15) is 8.42 Å². The van der Waals surface area contributed by atoms with Gasteiger partial charge in [-0.1, -0.05) is 54.6 Å². The van der Waals surface area contributed by atoms with Gasteiger partial charge in [-0.25, -0.2) is 13.1 Å². The minimum atomic E-state index is -3.37. The van der Waals surface area contributed by atoms with Crippen molar-refractivity contribution in [2.45, 2.75) is 38.7 Å². The van der Waals surface area contributed by atoms with E-state index in [4.69, 9.17) is 0 Å². The Kier molecular flexibility index (Phi) is 7.82. The number of nitrogens with zero attached hydrogens (tertiary/aromatic N) is 1. The summed E-state index contributed by atoms with van der Waals surface area (Å²) in [5, 5.41) is 6.50. The molecule has 0 saturated carbocycles. The van der Waals surface area contributed by atoms with Crippen molar-refractivity contribution in [2.24, 2.45) is 4.99 Å². The summed E-state index contributed by atoms with van der Waals surface area (Å²) in [5.74, 6) is 0.621. The van der Waals surface area contributed by atoms with E-state index in [-0.39, 0.29) is 11.8 Å². The molecular weight excluding hydrogens is 360 g/mol. The van der Waals surface area contributed by atoms with Crippen LogP contribution in [0.25, 0.3) is 0 Å². The summed E-state index contributed by atoms with van der Waals surface area (Å²) in [6.07, 6.45) is 0. The Morgan fingerprint density at radius 1 is 0.926 bits per heavy atom. The van der Waals surface area contributed by atoms with Gasteiger partial charge in [0.15, 0.2) is 5.96 Å². The second-order valence-corrected chi connectivity index (χ2v) is 8.32. The largest absolute Gasteiger partial charge is 0.352 e. The molecule has 2 rings (SSSR count). The van der Waals surface area contributed by atoms with Crippen LogP contribution in [0.1, 0.15) is 30.5 Å². The van der Waals surface area contributed by atoms with Crippen molar-refractivity contribution in [1.82, 2.24) is 15.4 Å². The molecule has 3 N–H and O–H groups in total. The highest BCUT2D eigenvalue weighted by molar-refractivity contribution is 7.88. The maximum atomic E-state index is 12.2. The molecule has 0 fully saturated rings. The van der Waals surface area contributed by atoms with E-state index in [1.54, 1.807) is 7.05 Å². The molecule has 2 aromatic carbocycles. The van der Waals surface area contributed by atoms with Gasteiger partial charge < -0.3 is 10.6 Å². The Labute approximate surface area is 162 Å². The van der Waals surface area contributed by atoms with E-state index in [1.165, 1.54) is 0 Å². The van der Waals surface area contributed by atoms with Crippen LogP contribution in [0.4, 0.5) is 0 Å². The fraction of sp³-hybridized carbons (Fsp3) is 0.350. The first-order valence-corrected chi connectivity index (χ1v) is 10.6. The van der Waals surface area contributed by atoms with Gasteiger partial charge in [-0.2, -0.15) is 0 Å². The summed E-state index contributed by atoms with van der Waals surface area (Å²) in [5.41, 5.74) is 2.86. The Hall–Kier alpha value is -2.38. The highest BCUT2D eigenvalue weighted by atomic mass is 32.2. The molecular formula is C20H28N4O2S. The standard InChI is InChI=1S/C20H28N4O2S/c1-16(2)24-27(25,26)15-19-12-8-7-11-18(19)14-23-20(21-3)22-13-17-9-5-4-6-10-17/h4-12,16,24H,13-15H2,1-3H3,(H2,21,22,23). The highest BCUT2D eigenvalue weighted by Crippen LogP contribution is 2.12. The van der Waals surface area contributed by atoms with Crippen molar-refractivity contribution in [2.75, 3.05) is 7.05 Å². The van der Waals surface area contributed by atoms with Gasteiger partial charge in [0, 0.05) is 26.2 Å². The molecule has 0 unspecified atom stereocenters. The van der Waals surface area contributed by atoms with Crippen LogP contribution >= 0.6 is 0 Å². The second kappa shape index (κ2) is 10.1. The minimum Gasteiger partial charge on any atom is -0.352 e. The summed E-state index contributed by atoms with van der Waals surface area (Å²) in [6.45, 7) is 4.78. The summed E-state index contributed by atoms with van der Waals surface area (Å²) >= 11 is 0. The molecule has 0 aliphatic carbocycles. The molecule has 0 amide bonds. The van der Waals surface area contributed by atoms with Crippen molar-refractivity contribution in [3.8, 4) is 0 Å². The van der Waals surface area contributed by atoms with Crippen molar-refractivity contribution in [3.63, 3.8) is 0 Å². The fourth-order valence-electron chi connectivity index (χ4n) is 2.66. The normalized spacial score (nSPS) is 12.2.